The van der Waals surface area contributed by atoms with E-state index in [0.29, 0.717) is 13.2 Å². The molecule has 0 fully saturated rings. The minimum absolute atomic E-state index is 0. The SMILES string of the molecule is CCc1nncn1CCN=C(NC(C)COC)NC(C)c1cccs1.I. The van der Waals surface area contributed by atoms with Crippen molar-refractivity contribution in [1.29, 1.82) is 0 Å². The predicted octanol–water partition coefficient (Wildman–Crippen LogP) is 2.85. The van der Waals surface area contributed by atoms with E-state index in [4.69, 9.17) is 9.73 Å². The first-order chi connectivity index (χ1) is 12.1. The molecule has 0 aromatic carbocycles. The fourth-order valence-corrected chi connectivity index (χ4v) is 3.22. The fraction of sp³-hybridized carbons (Fsp3) is 0.588. The van der Waals surface area contributed by atoms with Gasteiger partial charge in [-0.3, -0.25) is 4.99 Å². The maximum atomic E-state index is 5.21. The van der Waals surface area contributed by atoms with Gasteiger partial charge < -0.3 is 19.9 Å². The minimum atomic E-state index is 0. The van der Waals surface area contributed by atoms with E-state index in [1.165, 1.54) is 4.88 Å². The third-order valence-corrected chi connectivity index (χ3v) is 4.80. The molecule has 2 aromatic rings. The smallest absolute Gasteiger partial charge is 0.192 e. The Hall–Kier alpha value is -1.20. The lowest BCUT2D eigenvalue weighted by atomic mass is 10.3. The molecular formula is C17H29IN6OS. The van der Waals surface area contributed by atoms with Crippen LogP contribution >= 0.6 is 35.3 Å². The number of ether oxygens (including phenoxy) is 1. The number of thiophene rings is 1. The molecule has 2 atom stereocenters. The lowest BCUT2D eigenvalue weighted by Crippen LogP contribution is -2.44. The number of hydrogen-bond donors (Lipinski definition) is 2. The van der Waals surface area contributed by atoms with Crippen LogP contribution in [-0.2, 0) is 17.7 Å². The van der Waals surface area contributed by atoms with Gasteiger partial charge in [0.1, 0.15) is 12.2 Å². The van der Waals surface area contributed by atoms with Crippen molar-refractivity contribution in [1.82, 2.24) is 25.4 Å². The van der Waals surface area contributed by atoms with Crippen LogP contribution in [0, 0.1) is 0 Å². The van der Waals surface area contributed by atoms with E-state index in [-0.39, 0.29) is 36.1 Å². The Morgan fingerprint density at radius 1 is 1.38 bits per heavy atom. The van der Waals surface area contributed by atoms with Crippen molar-refractivity contribution in [3.05, 3.63) is 34.5 Å². The van der Waals surface area contributed by atoms with E-state index in [1.807, 2.05) is 4.57 Å². The molecule has 0 spiro atoms. The quantitative estimate of drug-likeness (QED) is 0.320. The number of rotatable bonds is 9. The normalized spacial score (nSPS) is 13.8. The van der Waals surface area contributed by atoms with Gasteiger partial charge in [-0.2, -0.15) is 0 Å². The molecule has 2 aromatic heterocycles. The van der Waals surface area contributed by atoms with Gasteiger partial charge in [0, 0.05) is 31.0 Å². The molecule has 0 radical (unpaired) electrons. The van der Waals surface area contributed by atoms with Gasteiger partial charge >= 0.3 is 0 Å². The molecule has 0 aliphatic rings. The Morgan fingerprint density at radius 3 is 2.85 bits per heavy atom. The first kappa shape index (κ1) is 22.8. The maximum Gasteiger partial charge on any atom is 0.192 e. The first-order valence-corrected chi connectivity index (χ1v) is 9.48. The third kappa shape index (κ3) is 7.20. The highest BCUT2D eigenvalue weighted by molar-refractivity contribution is 14.0. The maximum absolute atomic E-state index is 5.21. The van der Waals surface area contributed by atoms with Gasteiger partial charge in [-0.25, -0.2) is 0 Å². The highest BCUT2D eigenvalue weighted by Crippen LogP contribution is 2.17. The number of nitrogens with one attached hydrogen (secondary N) is 2. The van der Waals surface area contributed by atoms with E-state index in [9.17, 15) is 0 Å². The van der Waals surface area contributed by atoms with Gasteiger partial charge in [0.2, 0.25) is 0 Å². The number of aliphatic imine (C=N–C) groups is 1. The monoisotopic (exact) mass is 492 g/mol. The summed E-state index contributed by atoms with van der Waals surface area (Å²) in [4.78, 5) is 5.99. The third-order valence-electron chi connectivity index (χ3n) is 3.75. The minimum Gasteiger partial charge on any atom is -0.383 e. The molecule has 9 heteroatoms. The van der Waals surface area contributed by atoms with Crippen molar-refractivity contribution in [2.45, 2.75) is 45.8 Å². The second-order valence-electron chi connectivity index (χ2n) is 5.91. The molecule has 0 saturated carbocycles. The number of aryl methyl sites for hydroxylation is 1. The summed E-state index contributed by atoms with van der Waals surface area (Å²) in [6.45, 7) is 8.32. The van der Waals surface area contributed by atoms with Crippen LogP contribution < -0.4 is 10.6 Å². The van der Waals surface area contributed by atoms with Crippen LogP contribution in [0.15, 0.2) is 28.8 Å². The Labute approximate surface area is 176 Å². The summed E-state index contributed by atoms with van der Waals surface area (Å²) in [7, 11) is 1.70. The Balaban J connectivity index is 0.00000338. The number of halogens is 1. The summed E-state index contributed by atoms with van der Waals surface area (Å²) in [6.07, 6.45) is 2.63. The van der Waals surface area contributed by atoms with Gasteiger partial charge in [-0.1, -0.05) is 13.0 Å². The van der Waals surface area contributed by atoms with Gasteiger partial charge in [0.05, 0.1) is 19.2 Å². The van der Waals surface area contributed by atoms with Crippen LogP contribution in [0.3, 0.4) is 0 Å². The average Bonchev–Trinajstić information content (AvgIpc) is 3.26. The van der Waals surface area contributed by atoms with Crippen LogP contribution in [0.5, 0.6) is 0 Å². The van der Waals surface area contributed by atoms with Crippen molar-refractivity contribution in [2.75, 3.05) is 20.3 Å². The van der Waals surface area contributed by atoms with E-state index >= 15 is 0 Å². The second kappa shape index (κ2) is 12.2. The zero-order valence-electron chi connectivity index (χ0n) is 15.8. The molecular weight excluding hydrogens is 463 g/mol. The fourth-order valence-electron chi connectivity index (χ4n) is 2.48. The Bertz CT molecular complexity index is 645. The van der Waals surface area contributed by atoms with Crippen LogP contribution in [0.1, 0.15) is 37.5 Å². The highest BCUT2D eigenvalue weighted by atomic mass is 127. The van der Waals surface area contributed by atoms with Crippen LogP contribution in [0.2, 0.25) is 0 Å². The van der Waals surface area contributed by atoms with Gasteiger partial charge in [0.25, 0.3) is 0 Å². The summed E-state index contributed by atoms with van der Waals surface area (Å²) in [5.74, 6) is 1.77. The molecule has 26 heavy (non-hydrogen) atoms. The van der Waals surface area contributed by atoms with Crippen LogP contribution in [0.4, 0.5) is 0 Å². The summed E-state index contributed by atoms with van der Waals surface area (Å²) in [5, 5.41) is 17.0. The van der Waals surface area contributed by atoms with Gasteiger partial charge in [-0.05, 0) is 25.3 Å². The zero-order valence-corrected chi connectivity index (χ0v) is 19.0. The number of aromatic nitrogens is 3. The van der Waals surface area contributed by atoms with E-state index in [1.54, 1.807) is 24.8 Å². The summed E-state index contributed by atoms with van der Waals surface area (Å²) >= 11 is 1.74. The molecule has 2 heterocycles. The Morgan fingerprint density at radius 2 is 2.19 bits per heavy atom. The summed E-state index contributed by atoms with van der Waals surface area (Å²) in [5.41, 5.74) is 0. The molecule has 0 aliphatic carbocycles. The van der Waals surface area contributed by atoms with E-state index in [2.05, 4.69) is 59.1 Å². The standard InChI is InChI=1S/C17H28N6OS.HI/c1-5-16-22-19-12-23(16)9-8-18-17(20-13(2)11-24-4)21-14(3)15-7-6-10-25-15;/h6-7,10,12-14H,5,8-9,11H2,1-4H3,(H2,18,20,21);1H. The molecule has 2 unspecified atom stereocenters. The topological polar surface area (TPSA) is 76.4 Å². The van der Waals surface area contributed by atoms with Gasteiger partial charge in [-0.15, -0.1) is 45.5 Å². The molecule has 0 bridgehead atoms. The largest absolute Gasteiger partial charge is 0.383 e. The van der Waals surface area contributed by atoms with Crippen molar-refractivity contribution in [2.24, 2.45) is 4.99 Å². The number of methoxy groups -OCH3 is 1. The Kier molecular flexibility index (Phi) is 10.7. The van der Waals surface area contributed by atoms with Crippen molar-refractivity contribution >= 4 is 41.3 Å². The molecule has 2 rings (SSSR count). The zero-order chi connectivity index (χ0) is 18.1. The molecule has 146 valence electrons. The molecule has 2 N–H and O–H groups in total. The lowest BCUT2D eigenvalue weighted by Gasteiger charge is -2.21. The molecule has 7 nitrogen and oxygen atoms in total. The number of nitrogens with zero attached hydrogens (tertiary/aromatic N) is 4. The summed E-state index contributed by atoms with van der Waals surface area (Å²) < 4.78 is 7.26. The molecule has 0 aliphatic heterocycles. The van der Waals surface area contributed by atoms with E-state index < -0.39 is 0 Å². The van der Waals surface area contributed by atoms with E-state index in [0.717, 1.165) is 24.7 Å². The van der Waals surface area contributed by atoms with Crippen LogP contribution in [-0.4, -0.2) is 47.0 Å². The van der Waals surface area contributed by atoms with Crippen LogP contribution in [0.25, 0.3) is 0 Å². The molecule has 0 amide bonds. The van der Waals surface area contributed by atoms with Gasteiger partial charge in [0.15, 0.2) is 5.96 Å². The average molecular weight is 492 g/mol. The highest BCUT2D eigenvalue weighted by Gasteiger charge is 2.11. The number of guanidine groups is 1. The summed E-state index contributed by atoms with van der Waals surface area (Å²) in [6, 6.07) is 4.56. The number of hydrogen-bond acceptors (Lipinski definition) is 5. The lowest BCUT2D eigenvalue weighted by molar-refractivity contribution is 0.179. The van der Waals surface area contributed by atoms with Crippen molar-refractivity contribution in [3.8, 4) is 0 Å². The molecule has 0 saturated heterocycles. The second-order valence-corrected chi connectivity index (χ2v) is 6.89. The van der Waals surface area contributed by atoms with Crippen molar-refractivity contribution in [3.63, 3.8) is 0 Å². The first-order valence-electron chi connectivity index (χ1n) is 8.60. The van der Waals surface area contributed by atoms with Crippen molar-refractivity contribution < 1.29 is 4.74 Å². The predicted molar refractivity (Wildman–Crippen MR) is 117 cm³/mol.